The first-order chi connectivity index (χ1) is 9.52. The summed E-state index contributed by atoms with van der Waals surface area (Å²) in [6.45, 7) is 6.47. The average Bonchev–Trinajstić information content (AvgIpc) is 2.38. The number of β-amino-alcohol motifs (C(OH)–C–C–N with tert-alkyl or cyclic N) is 1. The van der Waals surface area contributed by atoms with Crippen molar-refractivity contribution in [2.24, 2.45) is 0 Å². The SMILES string of the molecule is Cc1ccc(C(=O)N2CCN(CCO)CC2C)c(F)c1. The fourth-order valence-corrected chi connectivity index (χ4v) is 2.63. The predicted octanol–water partition coefficient (Wildman–Crippen LogP) is 1.27. The van der Waals surface area contributed by atoms with Crippen molar-refractivity contribution in [3.05, 3.63) is 35.1 Å². The molecule has 1 amide bonds. The van der Waals surface area contributed by atoms with E-state index in [0.29, 0.717) is 26.2 Å². The zero-order chi connectivity index (χ0) is 14.7. The quantitative estimate of drug-likeness (QED) is 0.907. The van der Waals surface area contributed by atoms with Crippen LogP contribution in [0.3, 0.4) is 0 Å². The Kier molecular flexibility index (Phi) is 4.73. The number of rotatable bonds is 3. The van der Waals surface area contributed by atoms with Gasteiger partial charge in [-0.05, 0) is 31.5 Å². The van der Waals surface area contributed by atoms with Gasteiger partial charge < -0.3 is 10.0 Å². The van der Waals surface area contributed by atoms with Crippen LogP contribution < -0.4 is 0 Å². The molecular formula is C15H21FN2O2. The summed E-state index contributed by atoms with van der Waals surface area (Å²) in [5.74, 6) is -0.710. The molecule has 1 atom stereocenters. The van der Waals surface area contributed by atoms with Crippen LogP contribution in [0.5, 0.6) is 0 Å². The van der Waals surface area contributed by atoms with E-state index in [9.17, 15) is 9.18 Å². The molecule has 1 unspecified atom stereocenters. The third-order valence-electron chi connectivity index (χ3n) is 3.74. The van der Waals surface area contributed by atoms with Crippen molar-refractivity contribution >= 4 is 5.91 Å². The summed E-state index contributed by atoms with van der Waals surface area (Å²) in [6.07, 6.45) is 0. The second-order valence-electron chi connectivity index (χ2n) is 5.36. The summed E-state index contributed by atoms with van der Waals surface area (Å²) < 4.78 is 13.9. The van der Waals surface area contributed by atoms with Gasteiger partial charge in [-0.2, -0.15) is 0 Å². The predicted molar refractivity (Wildman–Crippen MR) is 75.2 cm³/mol. The number of carbonyl (C=O) groups is 1. The van der Waals surface area contributed by atoms with Gasteiger partial charge in [0.05, 0.1) is 12.2 Å². The molecule has 0 aliphatic carbocycles. The Balaban J connectivity index is 2.10. The smallest absolute Gasteiger partial charge is 0.257 e. The van der Waals surface area contributed by atoms with Crippen LogP contribution in [0.4, 0.5) is 4.39 Å². The van der Waals surface area contributed by atoms with Gasteiger partial charge in [0.25, 0.3) is 5.91 Å². The highest BCUT2D eigenvalue weighted by Crippen LogP contribution is 2.17. The van der Waals surface area contributed by atoms with Crippen molar-refractivity contribution in [3.8, 4) is 0 Å². The van der Waals surface area contributed by atoms with Crippen LogP contribution in [0.1, 0.15) is 22.8 Å². The van der Waals surface area contributed by atoms with Crippen molar-refractivity contribution in [2.45, 2.75) is 19.9 Å². The Morgan fingerprint density at radius 3 is 2.80 bits per heavy atom. The number of aryl methyl sites for hydroxylation is 1. The molecule has 1 fully saturated rings. The molecule has 1 aromatic rings. The number of benzene rings is 1. The van der Waals surface area contributed by atoms with E-state index in [2.05, 4.69) is 4.90 Å². The molecular weight excluding hydrogens is 259 g/mol. The normalized spacial score (nSPS) is 20.2. The zero-order valence-corrected chi connectivity index (χ0v) is 12.0. The van der Waals surface area contributed by atoms with E-state index in [1.165, 1.54) is 6.07 Å². The summed E-state index contributed by atoms with van der Waals surface area (Å²) in [4.78, 5) is 16.2. The largest absolute Gasteiger partial charge is 0.395 e. The maximum Gasteiger partial charge on any atom is 0.257 e. The number of piperazine rings is 1. The maximum atomic E-state index is 13.9. The first-order valence-corrected chi connectivity index (χ1v) is 6.93. The van der Waals surface area contributed by atoms with Crippen LogP contribution in [0.2, 0.25) is 0 Å². The highest BCUT2D eigenvalue weighted by molar-refractivity contribution is 5.94. The van der Waals surface area contributed by atoms with Crippen molar-refractivity contribution in [3.63, 3.8) is 0 Å². The number of nitrogens with zero attached hydrogens (tertiary/aromatic N) is 2. The van der Waals surface area contributed by atoms with E-state index < -0.39 is 5.82 Å². The van der Waals surface area contributed by atoms with Crippen molar-refractivity contribution in [2.75, 3.05) is 32.8 Å². The number of hydrogen-bond donors (Lipinski definition) is 1. The van der Waals surface area contributed by atoms with Crippen LogP contribution in [-0.4, -0.2) is 59.6 Å². The molecule has 0 spiro atoms. The van der Waals surface area contributed by atoms with Gasteiger partial charge >= 0.3 is 0 Å². The van der Waals surface area contributed by atoms with Gasteiger partial charge in [-0.15, -0.1) is 0 Å². The minimum Gasteiger partial charge on any atom is -0.395 e. The molecule has 0 saturated carbocycles. The maximum absolute atomic E-state index is 13.9. The van der Waals surface area contributed by atoms with E-state index >= 15 is 0 Å². The minimum atomic E-state index is -0.458. The lowest BCUT2D eigenvalue weighted by molar-refractivity contribution is 0.0454. The van der Waals surface area contributed by atoms with Gasteiger partial charge in [0, 0.05) is 32.2 Å². The number of halogens is 1. The molecule has 5 heteroatoms. The lowest BCUT2D eigenvalue weighted by Gasteiger charge is -2.39. The van der Waals surface area contributed by atoms with Crippen molar-refractivity contribution < 1.29 is 14.3 Å². The van der Waals surface area contributed by atoms with Gasteiger partial charge in [0.1, 0.15) is 5.82 Å². The number of carbonyl (C=O) groups excluding carboxylic acids is 1. The molecule has 0 bridgehead atoms. The summed E-state index contributed by atoms with van der Waals surface area (Å²) in [6, 6.07) is 4.71. The van der Waals surface area contributed by atoms with Gasteiger partial charge in [-0.3, -0.25) is 9.69 Å². The summed E-state index contributed by atoms with van der Waals surface area (Å²) in [5.41, 5.74) is 0.943. The first kappa shape index (κ1) is 14.9. The van der Waals surface area contributed by atoms with E-state index in [1.807, 2.05) is 6.92 Å². The number of aliphatic hydroxyl groups is 1. The third kappa shape index (κ3) is 3.16. The molecule has 110 valence electrons. The lowest BCUT2D eigenvalue weighted by atomic mass is 10.1. The topological polar surface area (TPSA) is 43.8 Å². The lowest BCUT2D eigenvalue weighted by Crippen LogP contribution is -2.54. The molecule has 4 nitrogen and oxygen atoms in total. The molecule has 1 aliphatic heterocycles. The summed E-state index contributed by atoms with van der Waals surface area (Å²) >= 11 is 0. The molecule has 1 aliphatic rings. The van der Waals surface area contributed by atoms with Crippen molar-refractivity contribution in [1.82, 2.24) is 9.80 Å². The third-order valence-corrected chi connectivity index (χ3v) is 3.74. The average molecular weight is 280 g/mol. The first-order valence-electron chi connectivity index (χ1n) is 6.93. The Hall–Kier alpha value is -1.46. The van der Waals surface area contributed by atoms with E-state index in [-0.39, 0.29) is 24.1 Å². The number of aliphatic hydroxyl groups excluding tert-OH is 1. The fraction of sp³-hybridized carbons (Fsp3) is 0.533. The van der Waals surface area contributed by atoms with Crippen molar-refractivity contribution in [1.29, 1.82) is 0 Å². The molecule has 20 heavy (non-hydrogen) atoms. The second-order valence-corrected chi connectivity index (χ2v) is 5.36. The van der Waals surface area contributed by atoms with Crippen LogP contribution in [-0.2, 0) is 0 Å². The Bertz CT molecular complexity index is 493. The van der Waals surface area contributed by atoms with E-state index in [0.717, 1.165) is 5.56 Å². The zero-order valence-electron chi connectivity index (χ0n) is 12.0. The highest BCUT2D eigenvalue weighted by atomic mass is 19.1. The summed E-state index contributed by atoms with van der Waals surface area (Å²) in [7, 11) is 0. The van der Waals surface area contributed by atoms with E-state index in [1.54, 1.807) is 24.0 Å². The molecule has 1 saturated heterocycles. The Morgan fingerprint density at radius 1 is 1.45 bits per heavy atom. The molecule has 1 aromatic carbocycles. The molecule has 0 radical (unpaired) electrons. The van der Waals surface area contributed by atoms with Gasteiger partial charge in [-0.1, -0.05) is 6.07 Å². The highest BCUT2D eigenvalue weighted by Gasteiger charge is 2.29. The number of hydrogen-bond acceptors (Lipinski definition) is 3. The standard InChI is InChI=1S/C15H21FN2O2/c1-11-3-4-13(14(16)9-11)15(20)18-6-5-17(7-8-19)10-12(18)2/h3-4,9,12,19H,5-8,10H2,1-2H3. The van der Waals surface area contributed by atoms with Crippen LogP contribution in [0, 0.1) is 12.7 Å². The van der Waals surface area contributed by atoms with Gasteiger partial charge in [0.15, 0.2) is 0 Å². The van der Waals surface area contributed by atoms with E-state index in [4.69, 9.17) is 5.11 Å². The molecule has 2 rings (SSSR count). The van der Waals surface area contributed by atoms with Crippen LogP contribution in [0.15, 0.2) is 18.2 Å². The number of amides is 1. The molecule has 1 heterocycles. The van der Waals surface area contributed by atoms with Crippen LogP contribution >= 0.6 is 0 Å². The monoisotopic (exact) mass is 280 g/mol. The second kappa shape index (κ2) is 6.33. The molecule has 0 aromatic heterocycles. The minimum absolute atomic E-state index is 0.0171. The van der Waals surface area contributed by atoms with Gasteiger partial charge in [-0.25, -0.2) is 4.39 Å². The summed E-state index contributed by atoms with van der Waals surface area (Å²) in [5, 5.41) is 8.95. The Labute approximate surface area is 118 Å². The Morgan fingerprint density at radius 2 is 2.20 bits per heavy atom. The molecule has 1 N–H and O–H groups in total. The fourth-order valence-electron chi connectivity index (χ4n) is 2.63. The van der Waals surface area contributed by atoms with Gasteiger partial charge in [0.2, 0.25) is 0 Å². The van der Waals surface area contributed by atoms with Crippen LogP contribution in [0.25, 0.3) is 0 Å².